The first-order valence-corrected chi connectivity index (χ1v) is 5.01. The number of H-pyrrole nitrogens is 1. The van der Waals surface area contributed by atoms with Gasteiger partial charge in [0.1, 0.15) is 5.56 Å². The highest BCUT2D eigenvalue weighted by molar-refractivity contribution is 5.91. The van der Waals surface area contributed by atoms with Gasteiger partial charge in [0.05, 0.1) is 12.3 Å². The lowest BCUT2D eigenvalue weighted by Gasteiger charge is -2.05. The zero-order chi connectivity index (χ0) is 10.8. The van der Waals surface area contributed by atoms with Crippen LogP contribution in [0.5, 0.6) is 0 Å². The number of esters is 1. The van der Waals surface area contributed by atoms with E-state index in [2.05, 4.69) is 10.2 Å². The summed E-state index contributed by atoms with van der Waals surface area (Å²) >= 11 is 0. The number of ether oxygens (including phenoxy) is 1. The van der Waals surface area contributed by atoms with Gasteiger partial charge in [-0.2, -0.15) is 5.10 Å². The number of nitrogens with one attached hydrogen (secondary N) is 1. The number of nitrogens with zero attached hydrogens (tertiary/aromatic N) is 1. The molecule has 0 aliphatic heterocycles. The zero-order valence-corrected chi connectivity index (χ0v) is 8.50. The molecular formula is C10H12N2O3. The Morgan fingerprint density at radius 1 is 1.53 bits per heavy atom. The van der Waals surface area contributed by atoms with E-state index in [9.17, 15) is 9.59 Å². The second-order valence-corrected chi connectivity index (χ2v) is 3.43. The van der Waals surface area contributed by atoms with Gasteiger partial charge in [-0.3, -0.25) is 4.79 Å². The first kappa shape index (κ1) is 9.89. The Kier molecular flexibility index (Phi) is 2.53. The second kappa shape index (κ2) is 3.84. The third-order valence-corrected chi connectivity index (χ3v) is 2.49. The number of carbonyl (C=O) groups is 1. The molecule has 0 bridgehead atoms. The molecule has 0 spiro atoms. The first-order valence-electron chi connectivity index (χ1n) is 5.01. The topological polar surface area (TPSA) is 72.0 Å². The molecule has 80 valence electrons. The minimum absolute atomic E-state index is 0.138. The van der Waals surface area contributed by atoms with Gasteiger partial charge in [0.25, 0.3) is 5.56 Å². The summed E-state index contributed by atoms with van der Waals surface area (Å²) in [4.78, 5) is 23.0. The van der Waals surface area contributed by atoms with Crippen molar-refractivity contribution in [1.29, 1.82) is 0 Å². The monoisotopic (exact) mass is 208 g/mol. The summed E-state index contributed by atoms with van der Waals surface area (Å²) < 4.78 is 4.85. The average Bonchev–Trinajstić information content (AvgIpc) is 2.65. The number of hydrogen-bond donors (Lipinski definition) is 1. The quantitative estimate of drug-likeness (QED) is 0.715. The van der Waals surface area contributed by atoms with E-state index in [1.54, 1.807) is 6.92 Å². The van der Waals surface area contributed by atoms with Crippen LogP contribution in [-0.4, -0.2) is 22.8 Å². The molecule has 15 heavy (non-hydrogen) atoms. The first-order chi connectivity index (χ1) is 7.24. The van der Waals surface area contributed by atoms with Gasteiger partial charge in [-0.25, -0.2) is 9.89 Å². The molecule has 0 radical (unpaired) electrons. The number of aryl methyl sites for hydroxylation is 1. The summed E-state index contributed by atoms with van der Waals surface area (Å²) in [6.45, 7) is 1.99. The van der Waals surface area contributed by atoms with Crippen LogP contribution in [0, 0.1) is 0 Å². The van der Waals surface area contributed by atoms with Gasteiger partial charge in [0, 0.05) is 0 Å². The second-order valence-electron chi connectivity index (χ2n) is 3.43. The fourth-order valence-electron chi connectivity index (χ4n) is 1.85. The fourth-order valence-corrected chi connectivity index (χ4v) is 1.85. The fraction of sp³-hybridized carbons (Fsp3) is 0.500. The maximum Gasteiger partial charge on any atom is 0.344 e. The van der Waals surface area contributed by atoms with Gasteiger partial charge in [-0.05, 0) is 31.7 Å². The molecule has 0 aromatic carbocycles. The lowest BCUT2D eigenvalue weighted by Crippen LogP contribution is -2.24. The van der Waals surface area contributed by atoms with E-state index in [1.807, 2.05) is 0 Å². The Morgan fingerprint density at radius 3 is 3.07 bits per heavy atom. The molecule has 1 heterocycles. The van der Waals surface area contributed by atoms with Crippen LogP contribution in [0.1, 0.15) is 35.0 Å². The van der Waals surface area contributed by atoms with Crippen molar-refractivity contribution in [1.82, 2.24) is 10.2 Å². The third kappa shape index (κ3) is 1.65. The SMILES string of the molecule is CCOC(=O)c1c2c(n[nH]c1=O)CCC2. The molecule has 0 saturated heterocycles. The van der Waals surface area contributed by atoms with Gasteiger partial charge in [0.15, 0.2) is 0 Å². The van der Waals surface area contributed by atoms with Gasteiger partial charge in [-0.1, -0.05) is 0 Å². The van der Waals surface area contributed by atoms with Gasteiger partial charge in [0.2, 0.25) is 0 Å². The Labute approximate surface area is 86.5 Å². The number of carbonyl (C=O) groups excluding carboxylic acids is 1. The van der Waals surface area contributed by atoms with Crippen molar-refractivity contribution in [2.24, 2.45) is 0 Å². The van der Waals surface area contributed by atoms with Crippen LogP contribution < -0.4 is 5.56 Å². The summed E-state index contributed by atoms with van der Waals surface area (Å²) in [7, 11) is 0. The van der Waals surface area contributed by atoms with Crippen LogP contribution in [0.25, 0.3) is 0 Å². The molecule has 0 saturated carbocycles. The predicted molar refractivity (Wildman–Crippen MR) is 52.8 cm³/mol. The highest BCUT2D eigenvalue weighted by Crippen LogP contribution is 2.20. The van der Waals surface area contributed by atoms with Crippen molar-refractivity contribution in [2.75, 3.05) is 6.61 Å². The largest absolute Gasteiger partial charge is 0.462 e. The van der Waals surface area contributed by atoms with Crippen LogP contribution in [-0.2, 0) is 17.6 Å². The Hall–Kier alpha value is -1.65. The number of hydrogen-bond acceptors (Lipinski definition) is 4. The molecule has 0 amide bonds. The van der Waals surface area contributed by atoms with Crippen LogP contribution in [0.4, 0.5) is 0 Å². The van der Waals surface area contributed by atoms with E-state index in [-0.39, 0.29) is 12.2 Å². The number of aromatic amines is 1. The maximum absolute atomic E-state index is 11.6. The van der Waals surface area contributed by atoms with E-state index >= 15 is 0 Å². The minimum atomic E-state index is -0.542. The molecule has 1 aliphatic carbocycles. The minimum Gasteiger partial charge on any atom is -0.462 e. The van der Waals surface area contributed by atoms with Gasteiger partial charge < -0.3 is 4.74 Å². The summed E-state index contributed by atoms with van der Waals surface area (Å²) in [5.41, 5.74) is 1.27. The molecule has 2 rings (SSSR count). The highest BCUT2D eigenvalue weighted by atomic mass is 16.5. The maximum atomic E-state index is 11.6. The summed E-state index contributed by atoms with van der Waals surface area (Å²) in [5.74, 6) is -0.542. The Morgan fingerprint density at radius 2 is 2.33 bits per heavy atom. The molecule has 1 N–H and O–H groups in total. The van der Waals surface area contributed by atoms with Crippen LogP contribution >= 0.6 is 0 Å². The summed E-state index contributed by atoms with van der Waals surface area (Å²) in [5, 5.41) is 6.25. The van der Waals surface area contributed by atoms with Gasteiger partial charge in [-0.15, -0.1) is 0 Å². The average molecular weight is 208 g/mol. The molecule has 1 aromatic heterocycles. The van der Waals surface area contributed by atoms with Crippen molar-refractivity contribution >= 4 is 5.97 Å². The van der Waals surface area contributed by atoms with Crippen molar-refractivity contribution < 1.29 is 9.53 Å². The standard InChI is InChI=1S/C10H12N2O3/c1-2-15-10(14)8-6-4-3-5-7(6)11-12-9(8)13/h2-5H2,1H3,(H,12,13). The predicted octanol–water partition coefficient (Wildman–Crippen LogP) is 0.435. The molecule has 5 nitrogen and oxygen atoms in total. The van der Waals surface area contributed by atoms with Crippen molar-refractivity contribution in [3.63, 3.8) is 0 Å². The lowest BCUT2D eigenvalue weighted by molar-refractivity contribution is 0.0522. The lowest BCUT2D eigenvalue weighted by atomic mass is 10.1. The van der Waals surface area contributed by atoms with Crippen molar-refractivity contribution in [2.45, 2.75) is 26.2 Å². The van der Waals surface area contributed by atoms with Crippen LogP contribution in [0.15, 0.2) is 4.79 Å². The van der Waals surface area contributed by atoms with E-state index < -0.39 is 11.5 Å². The molecule has 0 unspecified atom stereocenters. The van der Waals surface area contributed by atoms with Crippen LogP contribution in [0.3, 0.4) is 0 Å². The molecule has 0 atom stereocenters. The van der Waals surface area contributed by atoms with Crippen LogP contribution in [0.2, 0.25) is 0 Å². The molecule has 0 fully saturated rings. The van der Waals surface area contributed by atoms with E-state index in [1.165, 1.54) is 0 Å². The van der Waals surface area contributed by atoms with E-state index in [0.29, 0.717) is 0 Å². The molecule has 1 aromatic rings. The van der Waals surface area contributed by atoms with E-state index in [4.69, 9.17) is 4.74 Å². The normalized spacial score (nSPS) is 13.7. The van der Waals surface area contributed by atoms with Crippen molar-refractivity contribution in [3.05, 3.63) is 27.2 Å². The molecule has 1 aliphatic rings. The van der Waals surface area contributed by atoms with Gasteiger partial charge >= 0.3 is 5.97 Å². The zero-order valence-electron chi connectivity index (χ0n) is 8.50. The number of aromatic nitrogens is 2. The highest BCUT2D eigenvalue weighted by Gasteiger charge is 2.24. The molecular weight excluding hydrogens is 196 g/mol. The summed E-state index contributed by atoms with van der Waals surface area (Å²) in [6, 6.07) is 0. The summed E-state index contributed by atoms with van der Waals surface area (Å²) in [6.07, 6.45) is 2.49. The van der Waals surface area contributed by atoms with E-state index in [0.717, 1.165) is 30.5 Å². The Bertz CT molecular complexity index is 450. The smallest absolute Gasteiger partial charge is 0.344 e. The number of rotatable bonds is 2. The third-order valence-electron chi connectivity index (χ3n) is 2.49. The molecule has 5 heteroatoms. The Balaban J connectivity index is 2.50. The number of fused-ring (bicyclic) bond motifs is 1. The van der Waals surface area contributed by atoms with Crippen molar-refractivity contribution in [3.8, 4) is 0 Å².